The Kier molecular flexibility index (Phi) is 6.19. The van der Waals surface area contributed by atoms with Crippen molar-refractivity contribution in [3.05, 3.63) is 59.7 Å². The van der Waals surface area contributed by atoms with Gasteiger partial charge in [0.1, 0.15) is 11.5 Å². The SMILES string of the molecule is COc1ccc(C(=O)NCCNC(=O)c2ccccc2)c(OC)c1. The number of methoxy groups -OCH3 is 2. The predicted molar refractivity (Wildman–Crippen MR) is 90.7 cm³/mol. The van der Waals surface area contributed by atoms with E-state index in [1.54, 1.807) is 49.6 Å². The fraction of sp³-hybridized carbons (Fsp3) is 0.222. The molecule has 0 fully saturated rings. The third kappa shape index (κ3) is 4.49. The summed E-state index contributed by atoms with van der Waals surface area (Å²) in [7, 11) is 3.04. The summed E-state index contributed by atoms with van der Waals surface area (Å²) in [4.78, 5) is 24.1. The van der Waals surface area contributed by atoms with Gasteiger partial charge in [0, 0.05) is 24.7 Å². The van der Waals surface area contributed by atoms with Crippen LogP contribution in [-0.2, 0) is 0 Å². The number of carbonyl (C=O) groups is 2. The summed E-state index contributed by atoms with van der Waals surface area (Å²) in [6, 6.07) is 13.9. The van der Waals surface area contributed by atoms with Crippen LogP contribution in [0.15, 0.2) is 48.5 Å². The largest absolute Gasteiger partial charge is 0.497 e. The molecule has 2 rings (SSSR count). The molecule has 2 aromatic carbocycles. The van der Waals surface area contributed by atoms with Crippen molar-refractivity contribution in [2.45, 2.75) is 0 Å². The van der Waals surface area contributed by atoms with E-state index in [2.05, 4.69) is 10.6 Å². The van der Waals surface area contributed by atoms with Gasteiger partial charge < -0.3 is 20.1 Å². The lowest BCUT2D eigenvalue weighted by atomic mass is 10.1. The molecule has 2 N–H and O–H groups in total. The van der Waals surface area contributed by atoms with Gasteiger partial charge in [0.25, 0.3) is 11.8 Å². The van der Waals surface area contributed by atoms with Crippen LogP contribution in [0.25, 0.3) is 0 Å². The van der Waals surface area contributed by atoms with E-state index in [0.717, 1.165) is 0 Å². The molecule has 0 aliphatic rings. The molecular formula is C18H20N2O4. The molecule has 0 aliphatic heterocycles. The monoisotopic (exact) mass is 328 g/mol. The summed E-state index contributed by atoms with van der Waals surface area (Å²) < 4.78 is 10.3. The van der Waals surface area contributed by atoms with Gasteiger partial charge in [0.2, 0.25) is 0 Å². The van der Waals surface area contributed by atoms with Crippen molar-refractivity contribution < 1.29 is 19.1 Å². The van der Waals surface area contributed by atoms with E-state index < -0.39 is 0 Å². The number of benzene rings is 2. The van der Waals surface area contributed by atoms with E-state index in [1.807, 2.05) is 6.07 Å². The highest BCUT2D eigenvalue weighted by Gasteiger charge is 2.13. The summed E-state index contributed by atoms with van der Waals surface area (Å²) in [6.45, 7) is 0.643. The van der Waals surface area contributed by atoms with Crippen LogP contribution in [0, 0.1) is 0 Å². The molecule has 2 aromatic rings. The molecule has 0 aliphatic carbocycles. The number of hydrogen-bond donors (Lipinski definition) is 2. The van der Waals surface area contributed by atoms with E-state index in [0.29, 0.717) is 35.7 Å². The minimum Gasteiger partial charge on any atom is -0.497 e. The molecule has 0 aromatic heterocycles. The predicted octanol–water partition coefficient (Wildman–Crippen LogP) is 1.86. The van der Waals surface area contributed by atoms with Gasteiger partial charge in [-0.25, -0.2) is 0 Å². The number of hydrogen-bond acceptors (Lipinski definition) is 4. The van der Waals surface area contributed by atoms with Gasteiger partial charge >= 0.3 is 0 Å². The van der Waals surface area contributed by atoms with Crippen LogP contribution in [0.1, 0.15) is 20.7 Å². The molecular weight excluding hydrogens is 308 g/mol. The minimum atomic E-state index is -0.275. The van der Waals surface area contributed by atoms with Crippen molar-refractivity contribution in [1.29, 1.82) is 0 Å². The fourth-order valence-corrected chi connectivity index (χ4v) is 2.12. The average molecular weight is 328 g/mol. The van der Waals surface area contributed by atoms with E-state index in [1.165, 1.54) is 7.11 Å². The number of rotatable bonds is 7. The van der Waals surface area contributed by atoms with E-state index in [4.69, 9.17) is 9.47 Å². The zero-order valence-corrected chi connectivity index (χ0v) is 13.7. The number of nitrogens with one attached hydrogen (secondary N) is 2. The molecule has 126 valence electrons. The lowest BCUT2D eigenvalue weighted by molar-refractivity contribution is 0.0926. The Hall–Kier alpha value is -3.02. The molecule has 0 saturated heterocycles. The Morgan fingerprint density at radius 2 is 1.54 bits per heavy atom. The molecule has 0 spiro atoms. The molecule has 6 heteroatoms. The number of carbonyl (C=O) groups excluding carboxylic acids is 2. The molecule has 0 radical (unpaired) electrons. The summed E-state index contributed by atoms with van der Waals surface area (Å²) in [6.07, 6.45) is 0. The first-order valence-corrected chi connectivity index (χ1v) is 7.49. The maximum atomic E-state index is 12.2. The van der Waals surface area contributed by atoms with Crippen LogP contribution in [0.2, 0.25) is 0 Å². The average Bonchev–Trinajstić information content (AvgIpc) is 2.64. The summed E-state index contributed by atoms with van der Waals surface area (Å²) in [5.41, 5.74) is 0.994. The smallest absolute Gasteiger partial charge is 0.255 e. The van der Waals surface area contributed by atoms with Crippen molar-refractivity contribution in [2.24, 2.45) is 0 Å². The van der Waals surface area contributed by atoms with E-state index >= 15 is 0 Å². The summed E-state index contributed by atoms with van der Waals surface area (Å²) in [5.74, 6) is 0.592. The fourth-order valence-electron chi connectivity index (χ4n) is 2.12. The first-order chi connectivity index (χ1) is 11.7. The molecule has 0 saturated carbocycles. The van der Waals surface area contributed by atoms with Crippen molar-refractivity contribution in [2.75, 3.05) is 27.3 Å². The lowest BCUT2D eigenvalue weighted by Crippen LogP contribution is -2.34. The second-order valence-corrected chi connectivity index (χ2v) is 4.94. The van der Waals surface area contributed by atoms with Crippen LogP contribution in [0.4, 0.5) is 0 Å². The molecule has 0 bridgehead atoms. The highest BCUT2D eigenvalue weighted by atomic mass is 16.5. The Morgan fingerprint density at radius 1 is 0.875 bits per heavy atom. The summed E-state index contributed by atoms with van der Waals surface area (Å²) in [5, 5.41) is 5.49. The molecule has 0 atom stereocenters. The first kappa shape index (κ1) is 17.3. The van der Waals surface area contributed by atoms with E-state index in [-0.39, 0.29) is 11.8 Å². The molecule has 2 amide bonds. The van der Waals surface area contributed by atoms with Crippen molar-refractivity contribution in [3.8, 4) is 11.5 Å². The van der Waals surface area contributed by atoms with Gasteiger partial charge in [-0.15, -0.1) is 0 Å². The van der Waals surface area contributed by atoms with Crippen LogP contribution in [-0.4, -0.2) is 39.1 Å². The van der Waals surface area contributed by atoms with Gasteiger partial charge in [-0.1, -0.05) is 18.2 Å². The minimum absolute atomic E-state index is 0.174. The maximum Gasteiger partial charge on any atom is 0.255 e. The Bertz CT molecular complexity index is 701. The van der Waals surface area contributed by atoms with Crippen LogP contribution in [0.3, 0.4) is 0 Å². The van der Waals surface area contributed by atoms with Crippen LogP contribution < -0.4 is 20.1 Å². The quantitative estimate of drug-likeness (QED) is 0.761. The zero-order valence-electron chi connectivity index (χ0n) is 13.7. The Morgan fingerprint density at radius 3 is 2.17 bits per heavy atom. The molecule has 0 unspecified atom stereocenters. The highest BCUT2D eigenvalue weighted by Crippen LogP contribution is 2.24. The Balaban J connectivity index is 1.84. The molecule has 24 heavy (non-hydrogen) atoms. The molecule has 6 nitrogen and oxygen atoms in total. The topological polar surface area (TPSA) is 76.7 Å². The van der Waals surface area contributed by atoms with E-state index in [9.17, 15) is 9.59 Å². The van der Waals surface area contributed by atoms with Crippen molar-refractivity contribution in [1.82, 2.24) is 10.6 Å². The van der Waals surface area contributed by atoms with Crippen molar-refractivity contribution in [3.63, 3.8) is 0 Å². The second kappa shape index (κ2) is 8.57. The van der Waals surface area contributed by atoms with Gasteiger partial charge in [0.05, 0.1) is 19.8 Å². The zero-order chi connectivity index (χ0) is 17.4. The molecule has 0 heterocycles. The maximum absolute atomic E-state index is 12.2. The lowest BCUT2D eigenvalue weighted by Gasteiger charge is -2.11. The van der Waals surface area contributed by atoms with Gasteiger partial charge in [0.15, 0.2) is 0 Å². The third-order valence-electron chi connectivity index (χ3n) is 3.39. The normalized spacial score (nSPS) is 9.92. The van der Waals surface area contributed by atoms with Crippen LogP contribution >= 0.6 is 0 Å². The first-order valence-electron chi connectivity index (χ1n) is 7.49. The van der Waals surface area contributed by atoms with Gasteiger partial charge in [-0.05, 0) is 24.3 Å². The third-order valence-corrected chi connectivity index (χ3v) is 3.39. The standard InChI is InChI=1S/C18H20N2O4/c1-23-14-8-9-15(16(12-14)24-2)18(22)20-11-10-19-17(21)13-6-4-3-5-7-13/h3-9,12H,10-11H2,1-2H3,(H,19,21)(H,20,22). The highest BCUT2D eigenvalue weighted by molar-refractivity contribution is 5.97. The summed E-state index contributed by atoms with van der Waals surface area (Å²) >= 11 is 0. The van der Waals surface area contributed by atoms with Crippen molar-refractivity contribution >= 4 is 11.8 Å². The van der Waals surface area contributed by atoms with Gasteiger partial charge in [-0.3, -0.25) is 9.59 Å². The second-order valence-electron chi connectivity index (χ2n) is 4.94. The van der Waals surface area contributed by atoms with Crippen LogP contribution in [0.5, 0.6) is 11.5 Å². The Labute approximate surface area is 140 Å². The van der Waals surface area contributed by atoms with Gasteiger partial charge in [-0.2, -0.15) is 0 Å². The number of ether oxygens (including phenoxy) is 2. The number of amides is 2.